The van der Waals surface area contributed by atoms with E-state index in [2.05, 4.69) is 60.7 Å². The Morgan fingerprint density at radius 3 is 2.47 bits per heavy atom. The zero-order valence-corrected chi connectivity index (χ0v) is 18.4. The maximum absolute atomic E-state index is 13.1. The van der Waals surface area contributed by atoms with Crippen molar-refractivity contribution in [2.45, 2.75) is 36.1 Å². The highest BCUT2D eigenvalue weighted by Crippen LogP contribution is 2.50. The molecule has 2 aromatic carbocycles. The van der Waals surface area contributed by atoms with Crippen LogP contribution in [0.5, 0.6) is 0 Å². The molecule has 2 aromatic rings. The third-order valence-corrected chi connectivity index (χ3v) is 8.70. The zero-order valence-electron chi connectivity index (χ0n) is 17.6. The topological polar surface area (TPSA) is 52.7 Å². The molecule has 0 spiro atoms. The minimum absolute atomic E-state index is 0.217. The van der Waals surface area contributed by atoms with Gasteiger partial charge in [0.15, 0.2) is 0 Å². The summed E-state index contributed by atoms with van der Waals surface area (Å²) in [5, 5.41) is 3.72. The van der Waals surface area contributed by atoms with Crippen molar-refractivity contribution in [1.29, 1.82) is 0 Å². The molecule has 3 aliphatic rings. The van der Waals surface area contributed by atoms with Gasteiger partial charge in [-0.1, -0.05) is 24.3 Å². The van der Waals surface area contributed by atoms with E-state index in [1.54, 1.807) is 10.4 Å². The lowest BCUT2D eigenvalue weighted by molar-refractivity contribution is 0.424. The molecule has 0 amide bonds. The van der Waals surface area contributed by atoms with Gasteiger partial charge in [-0.05, 0) is 66.6 Å². The van der Waals surface area contributed by atoms with Crippen LogP contribution in [0, 0.1) is 5.92 Å². The maximum atomic E-state index is 13.1. The first-order chi connectivity index (χ1) is 14.4. The summed E-state index contributed by atoms with van der Waals surface area (Å²) in [5.74, 6) is 0.640. The Bertz CT molecular complexity index is 1070. The van der Waals surface area contributed by atoms with E-state index in [1.165, 1.54) is 11.3 Å². The number of sulfonamides is 1. The normalized spacial score (nSPS) is 25.6. The quantitative estimate of drug-likeness (QED) is 0.743. The van der Waals surface area contributed by atoms with Gasteiger partial charge in [0.1, 0.15) is 0 Å². The molecular formula is C24H29N3O2S. The van der Waals surface area contributed by atoms with Gasteiger partial charge >= 0.3 is 0 Å². The summed E-state index contributed by atoms with van der Waals surface area (Å²) in [6, 6.07) is 14.6. The average molecular weight is 424 g/mol. The van der Waals surface area contributed by atoms with E-state index in [0.717, 1.165) is 30.5 Å². The lowest BCUT2D eigenvalue weighted by Gasteiger charge is -2.38. The lowest BCUT2D eigenvalue weighted by atomic mass is 9.77. The molecule has 6 heteroatoms. The molecule has 1 saturated heterocycles. The van der Waals surface area contributed by atoms with Crippen LogP contribution in [0.3, 0.4) is 0 Å². The van der Waals surface area contributed by atoms with Crippen molar-refractivity contribution in [3.8, 4) is 0 Å². The average Bonchev–Trinajstić information content (AvgIpc) is 3.45. The van der Waals surface area contributed by atoms with Gasteiger partial charge in [0.25, 0.3) is 0 Å². The summed E-state index contributed by atoms with van der Waals surface area (Å²) in [4.78, 5) is 2.54. The molecule has 0 aromatic heterocycles. The second-order valence-electron chi connectivity index (χ2n) is 8.82. The molecule has 3 atom stereocenters. The number of nitrogens with zero attached hydrogens (tertiary/aromatic N) is 2. The first-order valence-corrected chi connectivity index (χ1v) is 12.2. The number of rotatable bonds is 4. The van der Waals surface area contributed by atoms with Crippen LogP contribution in [-0.2, 0) is 10.0 Å². The Labute approximate surface area is 179 Å². The summed E-state index contributed by atoms with van der Waals surface area (Å²) >= 11 is 0. The van der Waals surface area contributed by atoms with E-state index in [9.17, 15) is 8.42 Å². The van der Waals surface area contributed by atoms with Gasteiger partial charge in [0, 0.05) is 44.5 Å². The minimum Gasteiger partial charge on any atom is -0.378 e. The number of fused-ring (bicyclic) bond motifs is 3. The van der Waals surface area contributed by atoms with E-state index in [1.807, 2.05) is 12.1 Å². The van der Waals surface area contributed by atoms with Crippen LogP contribution >= 0.6 is 0 Å². The molecule has 1 aliphatic carbocycles. The first-order valence-electron chi connectivity index (χ1n) is 10.8. The fraction of sp³-hybridized carbons (Fsp3) is 0.417. The molecule has 3 unspecified atom stereocenters. The predicted octanol–water partition coefficient (Wildman–Crippen LogP) is 4.36. The Hall–Kier alpha value is -2.31. The van der Waals surface area contributed by atoms with Crippen molar-refractivity contribution in [1.82, 2.24) is 4.31 Å². The van der Waals surface area contributed by atoms with Gasteiger partial charge in [0.05, 0.1) is 10.9 Å². The van der Waals surface area contributed by atoms with Gasteiger partial charge in [0.2, 0.25) is 10.0 Å². The number of anilines is 2. The Kier molecular flexibility index (Phi) is 4.86. The van der Waals surface area contributed by atoms with Crippen molar-refractivity contribution in [3.63, 3.8) is 0 Å². The second-order valence-corrected chi connectivity index (χ2v) is 10.8. The van der Waals surface area contributed by atoms with E-state index in [4.69, 9.17) is 0 Å². The van der Waals surface area contributed by atoms with Gasteiger partial charge in [-0.3, -0.25) is 0 Å². The Morgan fingerprint density at radius 1 is 1.03 bits per heavy atom. The summed E-state index contributed by atoms with van der Waals surface area (Å²) in [6.07, 6.45) is 7.41. The predicted molar refractivity (Wildman–Crippen MR) is 122 cm³/mol. The third kappa shape index (κ3) is 3.22. The first kappa shape index (κ1) is 19.6. The van der Waals surface area contributed by atoms with E-state index in [-0.39, 0.29) is 12.0 Å². The molecule has 30 heavy (non-hydrogen) atoms. The fourth-order valence-corrected chi connectivity index (χ4v) is 6.67. The van der Waals surface area contributed by atoms with E-state index < -0.39 is 10.0 Å². The maximum Gasteiger partial charge on any atom is 0.243 e. The Balaban J connectivity index is 1.49. The molecule has 2 aliphatic heterocycles. The van der Waals surface area contributed by atoms with Crippen LogP contribution in [0.1, 0.15) is 42.3 Å². The van der Waals surface area contributed by atoms with Gasteiger partial charge in [-0.25, -0.2) is 8.42 Å². The number of hydrogen-bond donors (Lipinski definition) is 1. The van der Waals surface area contributed by atoms with Gasteiger partial charge in [-0.2, -0.15) is 4.31 Å². The van der Waals surface area contributed by atoms with Crippen LogP contribution < -0.4 is 10.2 Å². The highest BCUT2D eigenvalue weighted by molar-refractivity contribution is 7.89. The second kappa shape index (κ2) is 7.43. The molecule has 1 N–H and O–H groups in total. The van der Waals surface area contributed by atoms with Gasteiger partial charge in [-0.15, -0.1) is 0 Å². The minimum atomic E-state index is -3.40. The van der Waals surface area contributed by atoms with Crippen LogP contribution in [0.25, 0.3) is 0 Å². The molecule has 5 rings (SSSR count). The van der Waals surface area contributed by atoms with Crippen molar-refractivity contribution >= 4 is 21.4 Å². The monoisotopic (exact) mass is 423 g/mol. The summed E-state index contributed by atoms with van der Waals surface area (Å²) < 4.78 is 27.8. The van der Waals surface area contributed by atoms with Crippen LogP contribution in [0.4, 0.5) is 11.4 Å². The summed E-state index contributed by atoms with van der Waals surface area (Å²) in [5.41, 5.74) is 4.62. The summed E-state index contributed by atoms with van der Waals surface area (Å²) in [7, 11) is 0.698. The molecule has 0 radical (unpaired) electrons. The molecule has 2 heterocycles. The van der Waals surface area contributed by atoms with Crippen LogP contribution in [0.2, 0.25) is 0 Å². The third-order valence-electron chi connectivity index (χ3n) is 6.81. The van der Waals surface area contributed by atoms with Gasteiger partial charge < -0.3 is 10.2 Å². The molecule has 0 bridgehead atoms. The van der Waals surface area contributed by atoms with Crippen LogP contribution in [-0.4, -0.2) is 39.9 Å². The molecule has 158 valence electrons. The van der Waals surface area contributed by atoms with E-state index in [0.29, 0.717) is 23.9 Å². The van der Waals surface area contributed by atoms with Crippen molar-refractivity contribution in [2.75, 3.05) is 37.4 Å². The highest BCUT2D eigenvalue weighted by Gasteiger charge is 2.39. The smallest absolute Gasteiger partial charge is 0.243 e. The number of hydrogen-bond acceptors (Lipinski definition) is 4. The van der Waals surface area contributed by atoms with E-state index >= 15 is 0 Å². The molecular weight excluding hydrogens is 394 g/mol. The summed E-state index contributed by atoms with van der Waals surface area (Å²) in [6.45, 7) is 1.27. The van der Waals surface area contributed by atoms with Crippen molar-refractivity contribution in [2.24, 2.45) is 5.92 Å². The molecule has 1 fully saturated rings. The number of allylic oxidation sites excluding steroid dienone is 2. The number of benzene rings is 2. The highest BCUT2D eigenvalue weighted by atomic mass is 32.2. The largest absolute Gasteiger partial charge is 0.378 e. The van der Waals surface area contributed by atoms with Crippen molar-refractivity contribution < 1.29 is 8.42 Å². The number of nitrogens with one attached hydrogen (secondary N) is 1. The fourth-order valence-electron chi connectivity index (χ4n) is 5.12. The van der Waals surface area contributed by atoms with Crippen LogP contribution in [0.15, 0.2) is 59.5 Å². The SMILES string of the molecule is CN(C)c1ccc(C2Nc3ccc(S(=O)(=O)N4CCCC4)cc3C3C=CCC32)cc1. The standard InChI is InChI=1S/C24H29N3O2S/c1-26(2)18-10-8-17(9-11-18)24-21-7-5-6-20(21)22-16-19(12-13-23(22)25-24)30(28,29)27-14-3-4-15-27/h5-6,8-13,16,20-21,24-25H,3-4,7,14-15H2,1-2H3. The molecule has 5 nitrogen and oxygen atoms in total. The van der Waals surface area contributed by atoms with Crippen molar-refractivity contribution in [3.05, 3.63) is 65.7 Å². The zero-order chi connectivity index (χ0) is 20.9. The lowest BCUT2D eigenvalue weighted by Crippen LogP contribution is -2.30. The molecule has 0 saturated carbocycles. The Morgan fingerprint density at radius 2 is 1.77 bits per heavy atom.